The van der Waals surface area contributed by atoms with Crippen molar-refractivity contribution in [2.24, 2.45) is 0 Å². The van der Waals surface area contributed by atoms with Crippen LogP contribution in [0.4, 0.5) is 23.2 Å². The van der Waals surface area contributed by atoms with E-state index in [-0.39, 0.29) is 28.6 Å². The highest BCUT2D eigenvalue weighted by Crippen LogP contribution is 2.40. The van der Waals surface area contributed by atoms with Crippen molar-refractivity contribution >= 4 is 39.0 Å². The number of hydrogen-bond acceptors (Lipinski definition) is 5. The Morgan fingerprint density at radius 1 is 1.07 bits per heavy atom. The van der Waals surface area contributed by atoms with E-state index in [4.69, 9.17) is 21.1 Å². The molecule has 1 unspecified atom stereocenters. The Morgan fingerprint density at radius 2 is 1.81 bits per heavy atom. The van der Waals surface area contributed by atoms with Crippen molar-refractivity contribution in [3.05, 3.63) is 88.2 Å². The van der Waals surface area contributed by atoms with Crippen molar-refractivity contribution in [3.63, 3.8) is 0 Å². The minimum atomic E-state index is -4.71. The third-order valence-corrected chi connectivity index (χ3v) is 9.60. The molecule has 0 amide bonds. The molecule has 6 nitrogen and oxygen atoms in total. The van der Waals surface area contributed by atoms with Gasteiger partial charge >= 0.3 is 6.18 Å². The second-order valence-electron chi connectivity index (χ2n) is 10.5. The lowest BCUT2D eigenvalue weighted by atomic mass is 10.0. The molecule has 0 bridgehead atoms. The quantitative estimate of drug-likeness (QED) is 0.194. The lowest BCUT2D eigenvalue weighted by Crippen LogP contribution is -2.44. The van der Waals surface area contributed by atoms with Gasteiger partial charge in [0.05, 0.1) is 40.9 Å². The number of halogens is 5. The zero-order valence-corrected chi connectivity index (χ0v) is 25.0. The number of anilines is 1. The molecule has 0 spiro atoms. The molecule has 2 heterocycles. The molecule has 0 saturated carbocycles. The van der Waals surface area contributed by atoms with Gasteiger partial charge < -0.3 is 9.47 Å². The number of rotatable bonds is 8. The Morgan fingerprint density at radius 3 is 2.53 bits per heavy atom. The van der Waals surface area contributed by atoms with Gasteiger partial charge in [-0.15, -0.1) is 0 Å². The Bertz CT molecular complexity index is 1590. The number of sulfonamides is 1. The zero-order chi connectivity index (χ0) is 30.8. The van der Waals surface area contributed by atoms with Gasteiger partial charge in [-0.25, -0.2) is 12.8 Å². The van der Waals surface area contributed by atoms with Crippen LogP contribution >= 0.6 is 11.6 Å². The molecule has 3 aromatic rings. The summed E-state index contributed by atoms with van der Waals surface area (Å²) in [7, 11) is -4.42. The highest BCUT2D eigenvalue weighted by atomic mass is 35.5. The van der Waals surface area contributed by atoms with Gasteiger partial charge in [0.15, 0.2) is 0 Å². The number of benzene rings is 3. The summed E-state index contributed by atoms with van der Waals surface area (Å²) in [6, 6.07) is 13.0. The van der Waals surface area contributed by atoms with Gasteiger partial charge in [0.1, 0.15) is 17.7 Å². The molecule has 3 aromatic carbocycles. The maximum absolute atomic E-state index is 14.5. The van der Waals surface area contributed by atoms with E-state index in [9.17, 15) is 26.0 Å². The molecule has 0 radical (unpaired) electrons. The molecule has 0 N–H and O–H groups in total. The van der Waals surface area contributed by atoms with E-state index >= 15 is 0 Å². The van der Waals surface area contributed by atoms with Crippen LogP contribution in [0.2, 0.25) is 5.02 Å². The molecule has 0 aliphatic carbocycles. The zero-order valence-electron chi connectivity index (χ0n) is 23.4. The summed E-state index contributed by atoms with van der Waals surface area (Å²) in [5, 5.41) is 0.226. The topological polar surface area (TPSA) is 59.1 Å². The van der Waals surface area contributed by atoms with Crippen LogP contribution in [0.1, 0.15) is 36.5 Å². The molecule has 2 aliphatic rings. The fourth-order valence-electron chi connectivity index (χ4n) is 5.32. The average Bonchev–Trinajstić information content (AvgIpc) is 2.97. The average molecular weight is 639 g/mol. The van der Waals surface area contributed by atoms with Gasteiger partial charge in [0, 0.05) is 18.7 Å². The smallest absolute Gasteiger partial charge is 0.416 e. The predicted molar refractivity (Wildman–Crippen MR) is 158 cm³/mol. The van der Waals surface area contributed by atoms with E-state index < -0.39 is 38.6 Å². The van der Waals surface area contributed by atoms with Crippen LogP contribution in [0, 0.1) is 5.82 Å². The number of hydrogen-bond donors (Lipinski definition) is 0. The van der Waals surface area contributed by atoms with E-state index in [0.29, 0.717) is 36.8 Å². The first kappa shape index (κ1) is 31.3. The van der Waals surface area contributed by atoms with E-state index in [1.165, 1.54) is 12.1 Å². The van der Waals surface area contributed by atoms with E-state index in [0.717, 1.165) is 48.6 Å². The first-order chi connectivity index (χ1) is 20.4. The highest BCUT2D eigenvalue weighted by Gasteiger charge is 2.37. The van der Waals surface area contributed by atoms with Gasteiger partial charge in [-0.3, -0.25) is 9.21 Å². The molecule has 5 rings (SSSR count). The van der Waals surface area contributed by atoms with Crippen LogP contribution in [0.5, 0.6) is 5.75 Å². The largest absolute Gasteiger partial charge is 0.486 e. The summed E-state index contributed by atoms with van der Waals surface area (Å²) in [5.74, 6) is -0.215. The minimum absolute atomic E-state index is 0.0834. The van der Waals surface area contributed by atoms with Gasteiger partial charge in [0.2, 0.25) is 0 Å². The third-order valence-electron chi connectivity index (χ3n) is 7.51. The number of allylic oxidation sites excluding steroid dienone is 1. The van der Waals surface area contributed by atoms with Crippen molar-refractivity contribution in [2.75, 3.05) is 43.7 Å². The van der Waals surface area contributed by atoms with Gasteiger partial charge in [0.25, 0.3) is 10.0 Å². The minimum Gasteiger partial charge on any atom is -0.486 e. The Balaban J connectivity index is 1.49. The predicted octanol–water partition coefficient (Wildman–Crippen LogP) is 7.13. The summed E-state index contributed by atoms with van der Waals surface area (Å²) >= 11 is 6.23. The summed E-state index contributed by atoms with van der Waals surface area (Å²) in [6.45, 7) is 5.35. The van der Waals surface area contributed by atoms with Crippen LogP contribution in [0.3, 0.4) is 0 Å². The normalized spacial score (nSPS) is 18.3. The molecule has 43 heavy (non-hydrogen) atoms. The molecule has 230 valence electrons. The maximum Gasteiger partial charge on any atom is 0.416 e. The Hall–Kier alpha value is -3.12. The maximum atomic E-state index is 14.5. The molecule has 1 fully saturated rings. The van der Waals surface area contributed by atoms with Gasteiger partial charge in [-0.05, 0) is 79.9 Å². The molecular formula is C31H31ClF4N2O4S. The van der Waals surface area contributed by atoms with Crippen molar-refractivity contribution in [2.45, 2.75) is 36.9 Å². The summed E-state index contributed by atoms with van der Waals surface area (Å²) < 4.78 is 95.6. The van der Waals surface area contributed by atoms with Crippen LogP contribution < -0.4 is 9.04 Å². The Labute approximate surface area is 253 Å². The van der Waals surface area contributed by atoms with Crippen LogP contribution in [0.25, 0.3) is 11.6 Å². The third kappa shape index (κ3) is 7.17. The second kappa shape index (κ2) is 12.9. The van der Waals surface area contributed by atoms with E-state index in [2.05, 4.69) is 4.90 Å². The monoisotopic (exact) mass is 638 g/mol. The summed E-state index contributed by atoms with van der Waals surface area (Å²) in [4.78, 5) is 1.79. The van der Waals surface area contributed by atoms with Crippen molar-refractivity contribution in [1.82, 2.24) is 4.90 Å². The lowest BCUT2D eigenvalue weighted by Gasteiger charge is -2.36. The van der Waals surface area contributed by atoms with E-state index in [1.807, 2.05) is 0 Å². The second-order valence-corrected chi connectivity index (χ2v) is 12.8. The van der Waals surface area contributed by atoms with Crippen LogP contribution in [-0.2, 0) is 20.9 Å². The van der Waals surface area contributed by atoms with Crippen molar-refractivity contribution in [3.8, 4) is 5.75 Å². The number of nitrogens with zero attached hydrogens (tertiary/aromatic N) is 2. The number of morpholine rings is 1. The molecular weight excluding hydrogens is 608 g/mol. The SMILES string of the molecule is CC(=Cc1ccc2c(c1)N(S(=O)(=O)c1cccc(C(F)(F)F)c1)CC(CCCN1CCOCC1)O2)c1c(F)cccc1Cl. The molecule has 2 aliphatic heterocycles. The molecule has 12 heteroatoms. The van der Waals surface area contributed by atoms with Crippen molar-refractivity contribution in [1.29, 1.82) is 0 Å². The van der Waals surface area contributed by atoms with E-state index in [1.54, 1.807) is 37.3 Å². The first-order valence-corrected chi connectivity index (χ1v) is 15.7. The number of fused-ring (bicyclic) bond motifs is 1. The standard InChI is InChI=1S/C31H31ClF4N2O4S/c1-21(30-26(32)8-3-9-27(30)33)17-22-10-11-29-28(18-22)38(20-24(42-29)6-4-12-37-13-15-41-16-14-37)43(39,40)25-7-2-5-23(19-25)31(34,35)36/h2-3,5,7-11,17-19,24H,4,6,12-16,20H2,1H3. The fraction of sp³-hybridized carbons (Fsp3) is 0.355. The number of ether oxygens (including phenoxy) is 2. The van der Waals surface area contributed by atoms with Gasteiger partial charge in [-0.1, -0.05) is 35.9 Å². The van der Waals surface area contributed by atoms with Crippen LogP contribution in [0.15, 0.2) is 65.6 Å². The van der Waals surface area contributed by atoms with Crippen molar-refractivity contribution < 1.29 is 35.5 Å². The summed E-state index contributed by atoms with van der Waals surface area (Å²) in [5.41, 5.74) is 0.385. The lowest BCUT2D eigenvalue weighted by molar-refractivity contribution is -0.137. The molecule has 0 aromatic heterocycles. The number of alkyl halides is 3. The first-order valence-electron chi connectivity index (χ1n) is 13.9. The fourth-order valence-corrected chi connectivity index (χ4v) is 7.18. The molecule has 1 atom stereocenters. The Kier molecular flexibility index (Phi) is 9.36. The summed E-state index contributed by atoms with van der Waals surface area (Å²) in [6.07, 6.45) is -2.29. The molecule has 1 saturated heterocycles. The van der Waals surface area contributed by atoms with Gasteiger partial charge in [-0.2, -0.15) is 13.2 Å². The highest BCUT2D eigenvalue weighted by molar-refractivity contribution is 7.92. The van der Waals surface area contributed by atoms with Crippen LogP contribution in [-0.4, -0.2) is 58.8 Å².